The fraction of sp³-hybridized carbons (Fsp3) is 0.208. The first-order valence-corrected chi connectivity index (χ1v) is 13.0. The third-order valence-corrected chi connectivity index (χ3v) is 7.69. The van der Waals surface area contributed by atoms with Crippen molar-refractivity contribution in [2.45, 2.75) is 18.4 Å². The van der Waals surface area contributed by atoms with Crippen LogP contribution in [0, 0.1) is 0 Å². The van der Waals surface area contributed by atoms with Crippen LogP contribution in [0.25, 0.3) is 10.2 Å². The summed E-state index contributed by atoms with van der Waals surface area (Å²) in [5.41, 5.74) is 1.43. The molecule has 2 aromatic carbocycles. The molecular weight excluding hydrogens is 474 g/mol. The summed E-state index contributed by atoms with van der Waals surface area (Å²) < 4.78 is 37.6. The molecule has 0 aliphatic carbocycles. The van der Waals surface area contributed by atoms with E-state index in [9.17, 15) is 13.2 Å². The number of sulfone groups is 1. The van der Waals surface area contributed by atoms with Gasteiger partial charge < -0.3 is 9.47 Å². The lowest BCUT2D eigenvalue weighted by Gasteiger charge is -2.20. The second kappa shape index (κ2) is 10.2. The molecule has 0 saturated heterocycles. The molecule has 0 aliphatic rings. The number of ether oxygens (including phenoxy) is 2. The summed E-state index contributed by atoms with van der Waals surface area (Å²) in [7, 11) is -2.38. The Morgan fingerprint density at radius 3 is 2.47 bits per heavy atom. The van der Waals surface area contributed by atoms with Gasteiger partial charge in [0.1, 0.15) is 22.8 Å². The molecule has 10 heteroatoms. The molecule has 4 aromatic rings. The van der Waals surface area contributed by atoms with Crippen LogP contribution in [0.1, 0.15) is 12.5 Å². The Kier molecular flexibility index (Phi) is 7.09. The number of thiazole rings is 1. The summed E-state index contributed by atoms with van der Waals surface area (Å²) in [6.45, 7) is 2.52. The van der Waals surface area contributed by atoms with Crippen molar-refractivity contribution in [2.24, 2.45) is 0 Å². The Bertz CT molecular complexity index is 1390. The van der Waals surface area contributed by atoms with E-state index in [4.69, 9.17) is 9.47 Å². The van der Waals surface area contributed by atoms with E-state index in [1.54, 1.807) is 36.7 Å². The summed E-state index contributed by atoms with van der Waals surface area (Å²) in [6, 6.07) is 15.1. The number of benzene rings is 2. The average molecular weight is 498 g/mol. The molecule has 4 rings (SSSR count). The van der Waals surface area contributed by atoms with Crippen molar-refractivity contribution in [3.63, 3.8) is 0 Å². The number of methoxy groups -OCH3 is 1. The molecule has 0 spiro atoms. The van der Waals surface area contributed by atoms with Crippen LogP contribution in [0.15, 0.2) is 71.9 Å². The maximum Gasteiger partial charge on any atom is 0.244 e. The van der Waals surface area contributed by atoms with Gasteiger partial charge in [-0.2, -0.15) is 0 Å². The number of anilines is 1. The highest BCUT2D eigenvalue weighted by Crippen LogP contribution is 2.35. The highest BCUT2D eigenvalue weighted by molar-refractivity contribution is 7.92. The van der Waals surface area contributed by atoms with Crippen LogP contribution in [-0.4, -0.2) is 43.8 Å². The van der Waals surface area contributed by atoms with Gasteiger partial charge in [0.05, 0.1) is 29.9 Å². The lowest BCUT2D eigenvalue weighted by molar-refractivity contribution is -0.116. The van der Waals surface area contributed by atoms with Gasteiger partial charge in [0, 0.05) is 12.4 Å². The summed E-state index contributed by atoms with van der Waals surface area (Å²) in [6.07, 6.45) is 3.25. The molecular formula is C24H23N3O5S2. The summed E-state index contributed by atoms with van der Waals surface area (Å²) in [5, 5.41) is 0.397. The van der Waals surface area contributed by atoms with E-state index >= 15 is 0 Å². The third-order valence-electron chi connectivity index (χ3n) is 5.02. The third kappa shape index (κ3) is 5.18. The van der Waals surface area contributed by atoms with Crippen LogP contribution in [-0.2, 0) is 21.2 Å². The monoisotopic (exact) mass is 497 g/mol. The SMILES string of the molecule is CCOc1cccc2sc(N(Cc3ccncc3)C(=O)CS(=O)(=O)c3ccc(OC)cc3)nc12. The molecule has 2 heterocycles. The molecule has 34 heavy (non-hydrogen) atoms. The predicted molar refractivity (Wildman–Crippen MR) is 131 cm³/mol. The maximum absolute atomic E-state index is 13.4. The highest BCUT2D eigenvalue weighted by atomic mass is 32.2. The molecule has 0 saturated carbocycles. The van der Waals surface area contributed by atoms with Gasteiger partial charge in [-0.1, -0.05) is 17.4 Å². The number of aromatic nitrogens is 2. The number of carbonyl (C=O) groups excluding carboxylic acids is 1. The van der Waals surface area contributed by atoms with Gasteiger partial charge in [-0.15, -0.1) is 0 Å². The van der Waals surface area contributed by atoms with E-state index in [0.29, 0.717) is 28.8 Å². The fourth-order valence-electron chi connectivity index (χ4n) is 3.34. The normalized spacial score (nSPS) is 11.4. The second-order valence-electron chi connectivity index (χ2n) is 7.30. The summed E-state index contributed by atoms with van der Waals surface area (Å²) in [5.74, 6) is -0.128. The number of pyridine rings is 1. The molecule has 0 radical (unpaired) electrons. The minimum absolute atomic E-state index is 0.0495. The van der Waals surface area contributed by atoms with Gasteiger partial charge >= 0.3 is 0 Å². The van der Waals surface area contributed by atoms with Crippen molar-refractivity contribution >= 4 is 42.4 Å². The Morgan fingerprint density at radius 2 is 1.79 bits per heavy atom. The molecule has 0 unspecified atom stereocenters. The molecule has 0 bridgehead atoms. The number of amides is 1. The van der Waals surface area contributed by atoms with Crippen molar-refractivity contribution < 1.29 is 22.7 Å². The van der Waals surface area contributed by atoms with E-state index in [1.807, 2.05) is 25.1 Å². The van der Waals surface area contributed by atoms with Gasteiger partial charge in [-0.25, -0.2) is 13.4 Å². The molecule has 8 nitrogen and oxygen atoms in total. The van der Waals surface area contributed by atoms with Crippen LogP contribution < -0.4 is 14.4 Å². The maximum atomic E-state index is 13.4. The van der Waals surface area contributed by atoms with Crippen LogP contribution in [0.2, 0.25) is 0 Å². The molecule has 0 N–H and O–H groups in total. The van der Waals surface area contributed by atoms with Crippen molar-refractivity contribution in [3.05, 3.63) is 72.6 Å². The Labute approximate surface area is 201 Å². The molecule has 0 atom stereocenters. The average Bonchev–Trinajstić information content (AvgIpc) is 3.28. The van der Waals surface area contributed by atoms with Crippen molar-refractivity contribution in [3.8, 4) is 11.5 Å². The number of hydrogen-bond donors (Lipinski definition) is 0. The van der Waals surface area contributed by atoms with Crippen molar-refractivity contribution in [2.75, 3.05) is 24.4 Å². The Morgan fingerprint density at radius 1 is 1.06 bits per heavy atom. The zero-order chi connectivity index (χ0) is 24.1. The zero-order valence-electron chi connectivity index (χ0n) is 18.7. The number of nitrogens with zero attached hydrogens (tertiary/aromatic N) is 3. The summed E-state index contributed by atoms with van der Waals surface area (Å²) in [4.78, 5) is 23.5. The molecule has 0 fully saturated rings. The number of carbonyl (C=O) groups is 1. The Balaban J connectivity index is 1.69. The zero-order valence-corrected chi connectivity index (χ0v) is 20.3. The van der Waals surface area contributed by atoms with Crippen LogP contribution >= 0.6 is 11.3 Å². The molecule has 2 aromatic heterocycles. The largest absolute Gasteiger partial charge is 0.497 e. The van der Waals surface area contributed by atoms with Crippen LogP contribution in [0.5, 0.6) is 11.5 Å². The predicted octanol–water partition coefficient (Wildman–Crippen LogP) is 4.11. The highest BCUT2D eigenvalue weighted by Gasteiger charge is 2.27. The first-order valence-electron chi connectivity index (χ1n) is 10.5. The van der Waals surface area contributed by atoms with E-state index < -0.39 is 21.5 Å². The Hall–Kier alpha value is -3.50. The van der Waals surface area contributed by atoms with E-state index in [2.05, 4.69) is 9.97 Å². The van der Waals surface area contributed by atoms with Crippen molar-refractivity contribution in [1.29, 1.82) is 0 Å². The number of hydrogen-bond acceptors (Lipinski definition) is 8. The quantitative estimate of drug-likeness (QED) is 0.343. The van der Waals surface area contributed by atoms with Gasteiger partial charge in [0.15, 0.2) is 15.0 Å². The lowest BCUT2D eigenvalue weighted by atomic mass is 10.2. The van der Waals surface area contributed by atoms with Gasteiger partial charge in [-0.05, 0) is 61.0 Å². The number of para-hydroxylation sites is 1. The molecule has 1 amide bonds. The van der Waals surface area contributed by atoms with E-state index in [-0.39, 0.29) is 11.4 Å². The van der Waals surface area contributed by atoms with Crippen LogP contribution in [0.4, 0.5) is 5.13 Å². The minimum Gasteiger partial charge on any atom is -0.497 e. The van der Waals surface area contributed by atoms with Gasteiger partial charge in [-0.3, -0.25) is 14.7 Å². The topological polar surface area (TPSA) is 98.7 Å². The standard InChI is InChI=1S/C24H23N3O5S2/c1-3-32-20-5-4-6-21-23(20)26-24(33-21)27(15-17-11-13-25-14-12-17)22(28)16-34(29,30)19-9-7-18(31-2)8-10-19/h4-14H,3,15-16H2,1-2H3. The summed E-state index contributed by atoms with van der Waals surface area (Å²) >= 11 is 1.31. The number of fused-ring (bicyclic) bond motifs is 1. The van der Waals surface area contributed by atoms with Crippen molar-refractivity contribution in [1.82, 2.24) is 9.97 Å². The second-order valence-corrected chi connectivity index (χ2v) is 10.3. The van der Waals surface area contributed by atoms with E-state index in [0.717, 1.165) is 10.3 Å². The van der Waals surface area contributed by atoms with Gasteiger partial charge in [0.2, 0.25) is 5.91 Å². The first-order chi connectivity index (χ1) is 16.4. The van der Waals surface area contributed by atoms with Gasteiger partial charge in [0.25, 0.3) is 0 Å². The van der Waals surface area contributed by atoms with Crippen LogP contribution in [0.3, 0.4) is 0 Å². The lowest BCUT2D eigenvalue weighted by Crippen LogP contribution is -2.35. The molecule has 176 valence electrons. The first kappa shape index (κ1) is 23.7. The number of rotatable bonds is 9. The smallest absolute Gasteiger partial charge is 0.244 e. The van der Waals surface area contributed by atoms with E-state index in [1.165, 1.54) is 35.5 Å². The fourth-order valence-corrected chi connectivity index (χ4v) is 5.54. The minimum atomic E-state index is -3.88. The molecule has 0 aliphatic heterocycles.